The van der Waals surface area contributed by atoms with Crippen molar-refractivity contribution in [2.45, 2.75) is 51.3 Å². The molecule has 0 aromatic carbocycles. The molecular weight excluding hydrogens is 292 g/mol. The van der Waals surface area contributed by atoms with E-state index < -0.39 is 0 Å². The molecule has 23 heavy (non-hydrogen) atoms. The molecule has 0 aliphatic carbocycles. The van der Waals surface area contributed by atoms with Gasteiger partial charge in [-0.25, -0.2) is 15.0 Å². The van der Waals surface area contributed by atoms with Crippen molar-refractivity contribution in [1.82, 2.24) is 24.8 Å². The first-order valence-electron chi connectivity index (χ1n) is 8.49. The Labute approximate surface area is 136 Å². The monoisotopic (exact) mass is 318 g/mol. The predicted octanol–water partition coefficient (Wildman–Crippen LogP) is 1.18. The Kier molecular flexibility index (Phi) is 5.07. The summed E-state index contributed by atoms with van der Waals surface area (Å²) in [5.41, 5.74) is 1.74. The number of aromatic nitrogens is 4. The Morgan fingerprint density at radius 1 is 1.39 bits per heavy atom. The van der Waals surface area contributed by atoms with Crippen LogP contribution in [-0.2, 0) is 6.54 Å². The first-order chi connectivity index (χ1) is 11.2. The molecule has 1 saturated heterocycles. The number of imidazole rings is 1. The molecule has 2 atom stereocenters. The maximum Gasteiger partial charge on any atom is 0.165 e. The van der Waals surface area contributed by atoms with E-state index in [1.54, 1.807) is 6.33 Å². The van der Waals surface area contributed by atoms with Gasteiger partial charge >= 0.3 is 0 Å². The fraction of sp³-hybridized carbons (Fsp3) is 0.688. The normalized spacial score (nSPS) is 21.7. The minimum atomic E-state index is -0.213. The Hall–Kier alpha value is -1.73. The molecule has 1 fully saturated rings. The number of aryl methyl sites for hydroxylation is 1. The first-order valence-corrected chi connectivity index (χ1v) is 8.49. The van der Waals surface area contributed by atoms with Crippen molar-refractivity contribution in [3.63, 3.8) is 0 Å². The molecule has 126 valence electrons. The van der Waals surface area contributed by atoms with Gasteiger partial charge in [-0.15, -0.1) is 0 Å². The molecule has 7 nitrogen and oxygen atoms in total. The quantitative estimate of drug-likeness (QED) is 0.832. The minimum absolute atomic E-state index is 0.213. The van der Waals surface area contributed by atoms with Gasteiger partial charge in [-0.2, -0.15) is 0 Å². The molecule has 0 amide bonds. The van der Waals surface area contributed by atoms with Crippen LogP contribution in [0.4, 0.5) is 5.82 Å². The van der Waals surface area contributed by atoms with Crippen molar-refractivity contribution in [2.24, 2.45) is 0 Å². The van der Waals surface area contributed by atoms with E-state index in [9.17, 15) is 5.11 Å². The van der Waals surface area contributed by atoms with Crippen LogP contribution in [0.15, 0.2) is 12.7 Å². The largest absolute Gasteiger partial charge is 0.392 e. The van der Waals surface area contributed by atoms with E-state index >= 15 is 0 Å². The lowest BCUT2D eigenvalue weighted by Gasteiger charge is -2.28. The van der Waals surface area contributed by atoms with Crippen molar-refractivity contribution in [2.75, 3.05) is 25.0 Å². The summed E-state index contributed by atoms with van der Waals surface area (Å²) in [6.45, 7) is 4.83. The zero-order chi connectivity index (χ0) is 16.2. The number of nitrogens with one attached hydrogen (secondary N) is 1. The SMILES string of the molecule is CCN(C)c1ncnc2c1ncn2CCCC1NCCCC1O. The molecule has 2 N–H and O–H groups in total. The fourth-order valence-electron chi connectivity index (χ4n) is 3.17. The van der Waals surface area contributed by atoms with Gasteiger partial charge in [0, 0.05) is 26.2 Å². The van der Waals surface area contributed by atoms with Crippen LogP contribution < -0.4 is 10.2 Å². The Morgan fingerprint density at radius 2 is 2.26 bits per heavy atom. The Morgan fingerprint density at radius 3 is 3.04 bits per heavy atom. The number of rotatable bonds is 6. The molecule has 0 spiro atoms. The van der Waals surface area contributed by atoms with Gasteiger partial charge < -0.3 is 19.9 Å². The van der Waals surface area contributed by atoms with Crippen LogP contribution in [0.5, 0.6) is 0 Å². The maximum absolute atomic E-state index is 10.0. The maximum atomic E-state index is 10.0. The summed E-state index contributed by atoms with van der Waals surface area (Å²) in [7, 11) is 2.01. The summed E-state index contributed by atoms with van der Waals surface area (Å²) >= 11 is 0. The van der Waals surface area contributed by atoms with Gasteiger partial charge in [0.15, 0.2) is 17.0 Å². The van der Waals surface area contributed by atoms with E-state index in [1.165, 1.54) is 0 Å². The number of aliphatic hydroxyl groups excluding tert-OH is 1. The van der Waals surface area contributed by atoms with E-state index in [-0.39, 0.29) is 12.1 Å². The van der Waals surface area contributed by atoms with E-state index in [0.717, 1.165) is 62.3 Å². The lowest BCUT2D eigenvalue weighted by atomic mass is 9.97. The van der Waals surface area contributed by atoms with Crippen molar-refractivity contribution in [3.8, 4) is 0 Å². The lowest BCUT2D eigenvalue weighted by molar-refractivity contribution is 0.0909. The average molecular weight is 318 g/mol. The zero-order valence-corrected chi connectivity index (χ0v) is 13.9. The van der Waals surface area contributed by atoms with Gasteiger partial charge in [0.25, 0.3) is 0 Å². The molecule has 2 unspecified atom stereocenters. The van der Waals surface area contributed by atoms with Crippen LogP contribution >= 0.6 is 0 Å². The second kappa shape index (κ2) is 7.23. The Bertz CT molecular complexity index is 643. The van der Waals surface area contributed by atoms with Crippen molar-refractivity contribution < 1.29 is 5.11 Å². The van der Waals surface area contributed by atoms with Crippen LogP contribution in [0.25, 0.3) is 11.2 Å². The number of aliphatic hydroxyl groups is 1. The molecule has 2 aromatic rings. The summed E-state index contributed by atoms with van der Waals surface area (Å²) in [6.07, 6.45) is 7.16. The average Bonchev–Trinajstić information content (AvgIpc) is 2.99. The summed E-state index contributed by atoms with van der Waals surface area (Å²) < 4.78 is 2.08. The molecule has 0 bridgehead atoms. The van der Waals surface area contributed by atoms with Crippen LogP contribution in [0.1, 0.15) is 32.6 Å². The van der Waals surface area contributed by atoms with Crippen molar-refractivity contribution in [3.05, 3.63) is 12.7 Å². The highest BCUT2D eigenvalue weighted by Gasteiger charge is 2.22. The van der Waals surface area contributed by atoms with Gasteiger partial charge in [-0.1, -0.05) is 0 Å². The molecule has 1 aliphatic rings. The number of piperidine rings is 1. The van der Waals surface area contributed by atoms with Crippen molar-refractivity contribution >= 4 is 17.0 Å². The van der Waals surface area contributed by atoms with Gasteiger partial charge in [0.1, 0.15) is 6.33 Å². The summed E-state index contributed by atoms with van der Waals surface area (Å²) in [4.78, 5) is 15.3. The molecule has 0 saturated carbocycles. The first kappa shape index (κ1) is 16.1. The highest BCUT2D eigenvalue weighted by molar-refractivity contribution is 5.83. The summed E-state index contributed by atoms with van der Waals surface area (Å²) in [5, 5.41) is 13.4. The van der Waals surface area contributed by atoms with Gasteiger partial charge in [0.05, 0.1) is 12.4 Å². The van der Waals surface area contributed by atoms with E-state index in [2.05, 4.69) is 36.7 Å². The molecule has 7 heteroatoms. The predicted molar refractivity (Wildman–Crippen MR) is 90.5 cm³/mol. The van der Waals surface area contributed by atoms with E-state index in [1.807, 2.05) is 13.4 Å². The van der Waals surface area contributed by atoms with E-state index in [4.69, 9.17) is 0 Å². The third-order valence-corrected chi connectivity index (χ3v) is 4.68. The smallest absolute Gasteiger partial charge is 0.165 e. The molecule has 1 aliphatic heterocycles. The minimum Gasteiger partial charge on any atom is -0.392 e. The molecule has 2 aromatic heterocycles. The molecule has 3 rings (SSSR count). The van der Waals surface area contributed by atoms with Gasteiger partial charge in [0.2, 0.25) is 0 Å². The van der Waals surface area contributed by atoms with Gasteiger partial charge in [-0.05, 0) is 39.2 Å². The molecule has 0 radical (unpaired) electrons. The van der Waals surface area contributed by atoms with Crippen LogP contribution in [-0.4, -0.2) is 56.9 Å². The van der Waals surface area contributed by atoms with Crippen LogP contribution in [0.3, 0.4) is 0 Å². The second-order valence-electron chi connectivity index (χ2n) is 6.23. The zero-order valence-electron chi connectivity index (χ0n) is 13.9. The fourth-order valence-corrected chi connectivity index (χ4v) is 3.17. The number of fused-ring (bicyclic) bond motifs is 1. The number of anilines is 1. The summed E-state index contributed by atoms with van der Waals surface area (Å²) in [6, 6.07) is 0.218. The number of hydrogen-bond acceptors (Lipinski definition) is 6. The van der Waals surface area contributed by atoms with Gasteiger partial charge in [-0.3, -0.25) is 0 Å². The van der Waals surface area contributed by atoms with Crippen molar-refractivity contribution in [1.29, 1.82) is 0 Å². The highest BCUT2D eigenvalue weighted by atomic mass is 16.3. The Balaban J connectivity index is 1.66. The molecular formula is C16H26N6O. The summed E-state index contributed by atoms with van der Waals surface area (Å²) in [5.74, 6) is 0.876. The third-order valence-electron chi connectivity index (χ3n) is 4.68. The second-order valence-corrected chi connectivity index (χ2v) is 6.23. The standard InChI is InChI=1S/C16H26N6O/c1-3-21(2)15-14-16(19-10-18-15)22(11-20-14)9-5-6-12-13(23)7-4-8-17-12/h10-13,17,23H,3-9H2,1-2H3. The van der Waals surface area contributed by atoms with Crippen LogP contribution in [0, 0.1) is 0 Å². The number of hydrogen-bond donors (Lipinski definition) is 2. The third kappa shape index (κ3) is 3.45. The van der Waals surface area contributed by atoms with E-state index in [0.29, 0.717) is 0 Å². The topological polar surface area (TPSA) is 79.1 Å². The molecule has 3 heterocycles. The lowest BCUT2D eigenvalue weighted by Crippen LogP contribution is -2.44. The van der Waals surface area contributed by atoms with Crippen LogP contribution in [0.2, 0.25) is 0 Å². The highest BCUT2D eigenvalue weighted by Crippen LogP contribution is 2.21. The number of nitrogens with zero attached hydrogens (tertiary/aromatic N) is 5.